The monoisotopic (exact) mass is 213 g/mol. The van der Waals surface area contributed by atoms with Crippen molar-refractivity contribution in [1.29, 1.82) is 0 Å². The second kappa shape index (κ2) is 6.49. The zero-order chi connectivity index (χ0) is 11.3. The van der Waals surface area contributed by atoms with Crippen molar-refractivity contribution in [2.75, 3.05) is 20.2 Å². The molecule has 0 N–H and O–H groups in total. The average molecular weight is 213 g/mol. The maximum Gasteiger partial charge on any atom is 0.0576 e. The molecular formula is C13H27NO. The number of rotatable bonds is 5. The van der Waals surface area contributed by atoms with Crippen molar-refractivity contribution >= 4 is 0 Å². The summed E-state index contributed by atoms with van der Waals surface area (Å²) in [5.74, 6) is 0.777. The highest BCUT2D eigenvalue weighted by molar-refractivity contribution is 4.78. The van der Waals surface area contributed by atoms with E-state index in [2.05, 4.69) is 32.7 Å². The van der Waals surface area contributed by atoms with E-state index < -0.39 is 0 Å². The third-order valence-corrected chi connectivity index (χ3v) is 3.32. The van der Waals surface area contributed by atoms with Gasteiger partial charge in [0.05, 0.1) is 6.10 Å². The fraction of sp³-hybridized carbons (Fsp3) is 1.00. The maximum atomic E-state index is 5.67. The van der Waals surface area contributed by atoms with Gasteiger partial charge >= 0.3 is 0 Å². The number of ether oxygens (including phenoxy) is 1. The highest BCUT2D eigenvalue weighted by Gasteiger charge is 2.24. The van der Waals surface area contributed by atoms with Crippen LogP contribution in [0.2, 0.25) is 0 Å². The lowest BCUT2D eigenvalue weighted by Crippen LogP contribution is -2.38. The topological polar surface area (TPSA) is 12.5 Å². The van der Waals surface area contributed by atoms with Gasteiger partial charge in [0, 0.05) is 19.2 Å². The predicted octanol–water partition coefficient (Wildman–Crippen LogP) is 2.92. The molecule has 1 fully saturated rings. The largest absolute Gasteiger partial charge is 0.379 e. The van der Waals surface area contributed by atoms with Gasteiger partial charge in [-0.15, -0.1) is 0 Å². The standard InChI is InChI=1S/C13H27NO/c1-5-15-13-8-6-12(7-9-13)14(4)10-11(2)3/h11-13H,5-10H2,1-4H3/t12-,13+. The Balaban J connectivity index is 2.24. The molecule has 1 saturated carbocycles. The van der Waals surface area contributed by atoms with Gasteiger partial charge in [0.2, 0.25) is 0 Å². The summed E-state index contributed by atoms with van der Waals surface area (Å²) in [6.45, 7) is 8.78. The zero-order valence-electron chi connectivity index (χ0n) is 10.8. The molecule has 0 bridgehead atoms. The van der Waals surface area contributed by atoms with Gasteiger partial charge in [0.1, 0.15) is 0 Å². The molecule has 0 unspecified atom stereocenters. The Bertz CT molecular complexity index is 162. The summed E-state index contributed by atoms with van der Waals surface area (Å²) in [5.41, 5.74) is 0. The minimum atomic E-state index is 0.540. The van der Waals surface area contributed by atoms with E-state index in [0.29, 0.717) is 6.10 Å². The minimum Gasteiger partial charge on any atom is -0.379 e. The lowest BCUT2D eigenvalue weighted by atomic mass is 9.91. The van der Waals surface area contributed by atoms with Crippen molar-refractivity contribution in [3.05, 3.63) is 0 Å². The normalized spacial score (nSPS) is 27.6. The molecule has 0 heterocycles. The number of hydrogen-bond donors (Lipinski definition) is 0. The smallest absolute Gasteiger partial charge is 0.0576 e. The molecule has 0 spiro atoms. The molecular weight excluding hydrogens is 186 g/mol. The first-order valence-electron chi connectivity index (χ1n) is 6.45. The molecule has 2 heteroatoms. The zero-order valence-corrected chi connectivity index (χ0v) is 10.8. The fourth-order valence-corrected chi connectivity index (χ4v) is 2.61. The van der Waals surface area contributed by atoms with Crippen LogP contribution in [0, 0.1) is 5.92 Å². The van der Waals surface area contributed by atoms with Crippen LogP contribution in [0.15, 0.2) is 0 Å². The van der Waals surface area contributed by atoms with Crippen LogP contribution in [0.1, 0.15) is 46.5 Å². The Morgan fingerprint density at radius 1 is 1.20 bits per heavy atom. The second-order valence-electron chi connectivity index (χ2n) is 5.22. The van der Waals surface area contributed by atoms with E-state index >= 15 is 0 Å². The molecule has 2 nitrogen and oxygen atoms in total. The van der Waals surface area contributed by atoms with Crippen molar-refractivity contribution < 1.29 is 4.74 Å². The molecule has 0 atom stereocenters. The van der Waals surface area contributed by atoms with Crippen LogP contribution in [0.25, 0.3) is 0 Å². The van der Waals surface area contributed by atoms with Gasteiger partial charge in [-0.3, -0.25) is 0 Å². The van der Waals surface area contributed by atoms with E-state index in [1.165, 1.54) is 32.2 Å². The van der Waals surface area contributed by atoms with Gasteiger partial charge in [0.25, 0.3) is 0 Å². The molecule has 15 heavy (non-hydrogen) atoms. The first-order chi connectivity index (χ1) is 7.13. The van der Waals surface area contributed by atoms with Crippen LogP contribution < -0.4 is 0 Å². The van der Waals surface area contributed by atoms with E-state index in [9.17, 15) is 0 Å². The lowest BCUT2D eigenvalue weighted by molar-refractivity contribution is 0.0160. The number of hydrogen-bond acceptors (Lipinski definition) is 2. The molecule has 0 aromatic carbocycles. The maximum absolute atomic E-state index is 5.67. The summed E-state index contributed by atoms with van der Waals surface area (Å²) in [5, 5.41) is 0. The molecule has 90 valence electrons. The second-order valence-corrected chi connectivity index (χ2v) is 5.22. The summed E-state index contributed by atoms with van der Waals surface area (Å²) in [4.78, 5) is 2.53. The van der Waals surface area contributed by atoms with Gasteiger partial charge < -0.3 is 9.64 Å². The van der Waals surface area contributed by atoms with E-state index in [-0.39, 0.29) is 0 Å². The Hall–Kier alpha value is -0.0800. The SMILES string of the molecule is CCO[C@H]1CC[C@@H](N(C)CC(C)C)CC1. The van der Waals surface area contributed by atoms with Crippen molar-refractivity contribution in [3.8, 4) is 0 Å². The van der Waals surface area contributed by atoms with Crippen LogP contribution >= 0.6 is 0 Å². The minimum absolute atomic E-state index is 0.540. The van der Waals surface area contributed by atoms with Crippen molar-refractivity contribution in [2.45, 2.75) is 58.6 Å². The van der Waals surface area contributed by atoms with Crippen LogP contribution in [-0.2, 0) is 4.74 Å². The van der Waals surface area contributed by atoms with E-state index in [0.717, 1.165) is 18.6 Å². The summed E-state index contributed by atoms with van der Waals surface area (Å²) in [7, 11) is 2.27. The van der Waals surface area contributed by atoms with Crippen molar-refractivity contribution in [1.82, 2.24) is 4.90 Å². The highest BCUT2D eigenvalue weighted by atomic mass is 16.5. The summed E-state index contributed by atoms with van der Waals surface area (Å²) < 4.78 is 5.67. The Morgan fingerprint density at radius 3 is 2.27 bits per heavy atom. The molecule has 0 aromatic rings. The highest BCUT2D eigenvalue weighted by Crippen LogP contribution is 2.24. The van der Waals surface area contributed by atoms with Gasteiger partial charge in [-0.1, -0.05) is 13.8 Å². The Morgan fingerprint density at radius 2 is 1.80 bits per heavy atom. The van der Waals surface area contributed by atoms with Gasteiger partial charge in [-0.2, -0.15) is 0 Å². The number of nitrogens with zero attached hydrogens (tertiary/aromatic N) is 1. The third kappa shape index (κ3) is 4.52. The summed E-state index contributed by atoms with van der Waals surface area (Å²) in [6.07, 6.45) is 5.67. The summed E-state index contributed by atoms with van der Waals surface area (Å²) in [6, 6.07) is 0.795. The van der Waals surface area contributed by atoms with Crippen LogP contribution in [-0.4, -0.2) is 37.2 Å². The van der Waals surface area contributed by atoms with E-state index in [1.54, 1.807) is 0 Å². The predicted molar refractivity (Wildman–Crippen MR) is 65.1 cm³/mol. The van der Waals surface area contributed by atoms with Crippen LogP contribution in [0.4, 0.5) is 0 Å². The quantitative estimate of drug-likeness (QED) is 0.696. The van der Waals surface area contributed by atoms with Crippen LogP contribution in [0.3, 0.4) is 0 Å². The Kier molecular flexibility index (Phi) is 5.62. The van der Waals surface area contributed by atoms with Gasteiger partial charge in [0.15, 0.2) is 0 Å². The van der Waals surface area contributed by atoms with Crippen molar-refractivity contribution in [3.63, 3.8) is 0 Å². The molecule has 0 aromatic heterocycles. The Labute approximate surface area is 95.0 Å². The molecule has 1 rings (SSSR count). The van der Waals surface area contributed by atoms with Crippen molar-refractivity contribution in [2.24, 2.45) is 5.92 Å². The van der Waals surface area contributed by atoms with Gasteiger partial charge in [-0.25, -0.2) is 0 Å². The first-order valence-corrected chi connectivity index (χ1v) is 6.45. The summed E-state index contributed by atoms with van der Waals surface area (Å²) >= 11 is 0. The molecule has 1 aliphatic rings. The molecule has 0 aliphatic heterocycles. The van der Waals surface area contributed by atoms with Crippen LogP contribution in [0.5, 0.6) is 0 Å². The van der Waals surface area contributed by atoms with E-state index in [4.69, 9.17) is 4.74 Å². The van der Waals surface area contributed by atoms with Gasteiger partial charge in [-0.05, 0) is 45.6 Å². The first kappa shape index (κ1) is 13.0. The fourth-order valence-electron chi connectivity index (χ4n) is 2.61. The molecule has 0 amide bonds. The molecule has 1 aliphatic carbocycles. The molecule has 0 radical (unpaired) electrons. The average Bonchev–Trinajstić information content (AvgIpc) is 2.18. The lowest BCUT2D eigenvalue weighted by Gasteiger charge is -2.35. The van der Waals surface area contributed by atoms with E-state index in [1.807, 2.05) is 0 Å². The third-order valence-electron chi connectivity index (χ3n) is 3.32. The molecule has 0 saturated heterocycles.